The van der Waals surface area contributed by atoms with Gasteiger partial charge in [-0.15, -0.1) is 0 Å². The summed E-state index contributed by atoms with van der Waals surface area (Å²) in [4.78, 5) is 0. The fourth-order valence-electron chi connectivity index (χ4n) is 2.50. The molecule has 0 aromatic heterocycles. The molecular formula is C18H16O. The van der Waals surface area contributed by atoms with Crippen LogP contribution in [0.25, 0.3) is 27.1 Å². The molecule has 94 valence electrons. The predicted octanol–water partition coefficient (Wildman–Crippen LogP) is 4.39. The minimum atomic E-state index is 0.0827. The van der Waals surface area contributed by atoms with E-state index in [1.54, 1.807) is 0 Å². The van der Waals surface area contributed by atoms with Crippen LogP contribution in [0.3, 0.4) is 0 Å². The Kier molecular flexibility index (Phi) is 3.06. The topological polar surface area (TPSA) is 20.2 Å². The molecule has 0 atom stereocenters. The molecule has 3 rings (SSSR count). The molecule has 0 spiro atoms. The van der Waals surface area contributed by atoms with Crippen LogP contribution in [-0.4, -0.2) is 11.7 Å². The first-order valence-corrected chi connectivity index (χ1v) is 6.49. The smallest absolute Gasteiger partial charge is 0.0618 e. The van der Waals surface area contributed by atoms with E-state index in [0.717, 1.165) is 11.1 Å². The maximum absolute atomic E-state index is 9.01. The van der Waals surface area contributed by atoms with Gasteiger partial charge in [0.15, 0.2) is 0 Å². The SMILES string of the molecule is C/C(=C\CO)c1ccc2ccc3ccccc3c2c1. The number of allylic oxidation sites excluding steroid dienone is 1. The molecule has 0 fully saturated rings. The van der Waals surface area contributed by atoms with Crippen LogP contribution >= 0.6 is 0 Å². The van der Waals surface area contributed by atoms with Crippen molar-refractivity contribution in [1.29, 1.82) is 0 Å². The third-order valence-corrected chi connectivity index (χ3v) is 3.60. The highest BCUT2D eigenvalue weighted by Gasteiger charge is 2.02. The monoisotopic (exact) mass is 248 g/mol. The van der Waals surface area contributed by atoms with Gasteiger partial charge in [0.05, 0.1) is 6.61 Å². The number of aliphatic hydroxyl groups excluding tert-OH is 1. The van der Waals surface area contributed by atoms with E-state index in [1.165, 1.54) is 21.5 Å². The molecule has 0 aliphatic carbocycles. The van der Waals surface area contributed by atoms with Crippen molar-refractivity contribution < 1.29 is 5.11 Å². The lowest BCUT2D eigenvalue weighted by molar-refractivity contribution is 0.343. The zero-order chi connectivity index (χ0) is 13.2. The Morgan fingerprint density at radius 3 is 2.42 bits per heavy atom. The summed E-state index contributed by atoms with van der Waals surface area (Å²) >= 11 is 0. The largest absolute Gasteiger partial charge is 0.392 e. The molecular weight excluding hydrogens is 232 g/mol. The molecule has 1 nitrogen and oxygen atoms in total. The molecule has 3 aromatic carbocycles. The second-order valence-corrected chi connectivity index (χ2v) is 4.79. The Morgan fingerprint density at radius 1 is 0.947 bits per heavy atom. The quantitative estimate of drug-likeness (QED) is 0.667. The van der Waals surface area contributed by atoms with Gasteiger partial charge < -0.3 is 5.11 Å². The van der Waals surface area contributed by atoms with E-state index in [1.807, 2.05) is 13.0 Å². The van der Waals surface area contributed by atoms with Crippen LogP contribution in [0.15, 0.2) is 60.7 Å². The average molecular weight is 248 g/mol. The van der Waals surface area contributed by atoms with Crippen LogP contribution in [0, 0.1) is 0 Å². The first-order chi connectivity index (χ1) is 9.29. The Bertz CT molecular complexity index is 769. The lowest BCUT2D eigenvalue weighted by atomic mass is 9.97. The second kappa shape index (κ2) is 4.87. The standard InChI is InChI=1S/C18H16O/c1-13(10-11-19)16-9-8-15-7-6-14-4-2-3-5-17(14)18(15)12-16/h2-10,12,19H,11H2,1H3/b13-10+. The molecule has 3 aromatic rings. The van der Waals surface area contributed by atoms with Crippen molar-refractivity contribution >= 4 is 27.1 Å². The molecule has 1 N–H and O–H groups in total. The molecule has 0 aliphatic heterocycles. The lowest BCUT2D eigenvalue weighted by Gasteiger charge is -2.07. The Hall–Kier alpha value is -2.12. The summed E-state index contributed by atoms with van der Waals surface area (Å²) in [6.07, 6.45) is 1.84. The summed E-state index contributed by atoms with van der Waals surface area (Å²) < 4.78 is 0. The maximum atomic E-state index is 9.01. The molecule has 0 aliphatic rings. The predicted molar refractivity (Wildman–Crippen MR) is 82.2 cm³/mol. The summed E-state index contributed by atoms with van der Waals surface area (Å²) in [6.45, 7) is 2.11. The van der Waals surface area contributed by atoms with Gasteiger partial charge in [-0.2, -0.15) is 0 Å². The lowest BCUT2D eigenvalue weighted by Crippen LogP contribution is -1.84. The summed E-state index contributed by atoms with van der Waals surface area (Å²) in [5.41, 5.74) is 2.27. The van der Waals surface area contributed by atoms with Crippen molar-refractivity contribution in [2.45, 2.75) is 6.92 Å². The van der Waals surface area contributed by atoms with Crippen LogP contribution in [-0.2, 0) is 0 Å². The molecule has 0 unspecified atom stereocenters. The average Bonchev–Trinajstić information content (AvgIpc) is 2.47. The molecule has 0 radical (unpaired) electrons. The summed E-state index contributed by atoms with van der Waals surface area (Å²) in [6, 6.07) is 19.2. The molecule has 0 heterocycles. The van der Waals surface area contributed by atoms with E-state index in [4.69, 9.17) is 5.11 Å². The summed E-state index contributed by atoms with van der Waals surface area (Å²) in [5, 5.41) is 14.1. The first-order valence-electron chi connectivity index (χ1n) is 6.49. The fourth-order valence-corrected chi connectivity index (χ4v) is 2.50. The highest BCUT2D eigenvalue weighted by atomic mass is 16.2. The van der Waals surface area contributed by atoms with Crippen molar-refractivity contribution in [2.24, 2.45) is 0 Å². The molecule has 0 saturated heterocycles. The van der Waals surface area contributed by atoms with Crippen LogP contribution in [0.5, 0.6) is 0 Å². The molecule has 0 amide bonds. The fraction of sp³-hybridized carbons (Fsp3) is 0.111. The zero-order valence-corrected chi connectivity index (χ0v) is 10.9. The van der Waals surface area contributed by atoms with Gasteiger partial charge in [-0.25, -0.2) is 0 Å². The Labute approximate surface area is 112 Å². The minimum Gasteiger partial charge on any atom is -0.392 e. The maximum Gasteiger partial charge on any atom is 0.0618 e. The van der Waals surface area contributed by atoms with E-state index in [9.17, 15) is 0 Å². The van der Waals surface area contributed by atoms with Crippen LogP contribution in [0.1, 0.15) is 12.5 Å². The second-order valence-electron chi connectivity index (χ2n) is 4.79. The van der Waals surface area contributed by atoms with E-state index in [0.29, 0.717) is 0 Å². The number of hydrogen-bond acceptors (Lipinski definition) is 1. The molecule has 0 bridgehead atoms. The van der Waals surface area contributed by atoms with Gasteiger partial charge in [0.25, 0.3) is 0 Å². The molecule has 1 heteroatoms. The number of rotatable bonds is 2. The Morgan fingerprint density at radius 2 is 1.63 bits per heavy atom. The van der Waals surface area contributed by atoms with Gasteiger partial charge in [-0.1, -0.05) is 54.6 Å². The highest BCUT2D eigenvalue weighted by molar-refractivity contribution is 6.08. The van der Waals surface area contributed by atoms with Crippen LogP contribution in [0.4, 0.5) is 0 Å². The van der Waals surface area contributed by atoms with Crippen LogP contribution in [0.2, 0.25) is 0 Å². The summed E-state index contributed by atoms with van der Waals surface area (Å²) in [5.74, 6) is 0. The first kappa shape index (κ1) is 11.9. The van der Waals surface area contributed by atoms with Crippen molar-refractivity contribution in [2.75, 3.05) is 6.61 Å². The van der Waals surface area contributed by atoms with E-state index >= 15 is 0 Å². The number of benzene rings is 3. The van der Waals surface area contributed by atoms with Crippen LogP contribution < -0.4 is 0 Å². The summed E-state index contributed by atoms with van der Waals surface area (Å²) in [7, 11) is 0. The third kappa shape index (κ3) is 2.13. The van der Waals surface area contributed by atoms with Crippen molar-refractivity contribution in [1.82, 2.24) is 0 Å². The van der Waals surface area contributed by atoms with Crippen molar-refractivity contribution in [3.8, 4) is 0 Å². The van der Waals surface area contributed by atoms with Gasteiger partial charge in [0.1, 0.15) is 0 Å². The highest BCUT2D eigenvalue weighted by Crippen LogP contribution is 2.28. The van der Waals surface area contributed by atoms with Crippen molar-refractivity contribution in [3.63, 3.8) is 0 Å². The normalized spacial score (nSPS) is 12.2. The van der Waals surface area contributed by atoms with Crippen molar-refractivity contribution in [3.05, 3.63) is 66.2 Å². The third-order valence-electron chi connectivity index (χ3n) is 3.60. The van der Waals surface area contributed by atoms with Gasteiger partial charge in [-0.3, -0.25) is 0 Å². The van der Waals surface area contributed by atoms with E-state index in [-0.39, 0.29) is 6.61 Å². The van der Waals surface area contributed by atoms with E-state index < -0.39 is 0 Å². The van der Waals surface area contributed by atoms with E-state index in [2.05, 4.69) is 54.6 Å². The van der Waals surface area contributed by atoms with Gasteiger partial charge >= 0.3 is 0 Å². The van der Waals surface area contributed by atoms with Gasteiger partial charge in [0.2, 0.25) is 0 Å². The number of aliphatic hydroxyl groups is 1. The molecule has 19 heavy (non-hydrogen) atoms. The van der Waals surface area contributed by atoms with Gasteiger partial charge in [0, 0.05) is 0 Å². The zero-order valence-electron chi connectivity index (χ0n) is 10.9. The molecule has 0 saturated carbocycles. The Balaban J connectivity index is 2.31. The van der Waals surface area contributed by atoms with Gasteiger partial charge in [-0.05, 0) is 45.7 Å². The minimum absolute atomic E-state index is 0.0827. The number of hydrogen-bond donors (Lipinski definition) is 1. The number of fused-ring (bicyclic) bond motifs is 3.